The van der Waals surface area contributed by atoms with Gasteiger partial charge in [-0.2, -0.15) is 15.8 Å². The Bertz CT molecular complexity index is 1770. The van der Waals surface area contributed by atoms with Crippen molar-refractivity contribution in [3.8, 4) is 29.5 Å². The van der Waals surface area contributed by atoms with Gasteiger partial charge in [0.05, 0.1) is 46.3 Å². The maximum absolute atomic E-state index is 13.5. The molecule has 1 aromatic heterocycles. The van der Waals surface area contributed by atoms with E-state index in [2.05, 4.69) is 15.2 Å². The minimum Gasteiger partial charge on any atom is -0.396 e. The second kappa shape index (κ2) is 16.5. The molecule has 0 saturated heterocycles. The van der Waals surface area contributed by atoms with Gasteiger partial charge >= 0.3 is 0 Å². The Hall–Kier alpha value is -5.49. The van der Waals surface area contributed by atoms with Crippen LogP contribution in [0.25, 0.3) is 17.3 Å². The van der Waals surface area contributed by atoms with Crippen molar-refractivity contribution in [1.29, 1.82) is 15.8 Å². The molecule has 12 nitrogen and oxygen atoms in total. The van der Waals surface area contributed by atoms with Crippen molar-refractivity contribution in [1.82, 2.24) is 9.88 Å². The van der Waals surface area contributed by atoms with Crippen molar-refractivity contribution in [2.75, 3.05) is 44.4 Å². The third kappa shape index (κ3) is 7.77. The minimum absolute atomic E-state index is 0.0287. The average Bonchev–Trinajstić information content (AvgIpc) is 3.61. The molecule has 4 rings (SSSR count). The Labute approximate surface area is 270 Å². The number of benzene rings is 2. The number of amides is 1. The zero-order valence-electron chi connectivity index (χ0n) is 24.7. The number of aliphatic hydroxyl groups excluding tert-OH is 3. The second-order valence-corrected chi connectivity index (χ2v) is 10.8. The highest BCUT2D eigenvalue weighted by Crippen LogP contribution is 2.37. The van der Waals surface area contributed by atoms with Gasteiger partial charge in [0.1, 0.15) is 18.2 Å². The summed E-state index contributed by atoms with van der Waals surface area (Å²) in [6.45, 7) is 0.728. The second-order valence-electron chi connectivity index (χ2n) is 9.79. The molecule has 2 aromatic carbocycles. The van der Waals surface area contributed by atoms with E-state index >= 15 is 0 Å². The first-order valence-corrected chi connectivity index (χ1v) is 15.2. The van der Waals surface area contributed by atoms with Gasteiger partial charge in [-0.3, -0.25) is 4.79 Å². The van der Waals surface area contributed by atoms with Crippen molar-refractivity contribution in [3.05, 3.63) is 88.0 Å². The Morgan fingerprint density at radius 1 is 0.913 bits per heavy atom. The highest BCUT2D eigenvalue weighted by Gasteiger charge is 2.36. The Morgan fingerprint density at radius 3 is 2.22 bits per heavy atom. The molecule has 0 saturated carbocycles. The van der Waals surface area contributed by atoms with Crippen LogP contribution in [0, 0.1) is 34.0 Å². The lowest BCUT2D eigenvalue weighted by molar-refractivity contribution is -0.124. The Balaban J connectivity index is 1.69. The molecule has 0 atom stereocenters. The maximum Gasteiger partial charge on any atom is 0.259 e. The topological polar surface area (TPSA) is 193 Å². The SMILES string of the molecule is N#CC(C#N)=C1C(C#N)=C(/C=C/c2sc(N=Nc3ccc(N(CCO)CCO)cc3)nc2-c2ccccc2)C(=O)N1CCCCO. The minimum atomic E-state index is -0.519. The van der Waals surface area contributed by atoms with Gasteiger partial charge in [-0.05, 0) is 49.3 Å². The number of unbranched alkanes of at least 4 members (excludes halogenated alkanes) is 1. The van der Waals surface area contributed by atoms with Gasteiger partial charge in [0.25, 0.3) is 5.91 Å². The molecular formula is C33H30N8O4S. The number of hydrogen-bond donors (Lipinski definition) is 3. The van der Waals surface area contributed by atoms with Crippen molar-refractivity contribution >= 4 is 39.8 Å². The summed E-state index contributed by atoms with van der Waals surface area (Å²) in [5.41, 5.74) is 2.37. The van der Waals surface area contributed by atoms with Crippen molar-refractivity contribution < 1.29 is 20.1 Å². The van der Waals surface area contributed by atoms with Crippen LogP contribution in [0.5, 0.6) is 0 Å². The fraction of sp³-hybridized carbons (Fsp3) is 0.242. The van der Waals surface area contributed by atoms with Gasteiger partial charge in [-0.1, -0.05) is 41.7 Å². The van der Waals surface area contributed by atoms with E-state index in [-0.39, 0.29) is 48.8 Å². The van der Waals surface area contributed by atoms with Gasteiger partial charge < -0.3 is 25.1 Å². The first-order valence-electron chi connectivity index (χ1n) is 14.3. The van der Waals surface area contributed by atoms with E-state index in [4.69, 9.17) is 0 Å². The molecule has 0 radical (unpaired) electrons. The van der Waals surface area contributed by atoms with Crippen LogP contribution in [0.4, 0.5) is 16.5 Å². The Morgan fingerprint density at radius 2 is 1.61 bits per heavy atom. The monoisotopic (exact) mass is 634 g/mol. The standard InChI is InChI=1S/C33H30N8O4S/c34-20-24(21-35)31-28(22-36)27(32(45)41(31)14-4-5-17-42)12-13-29-30(23-6-2-1-3-7-23)37-33(46-29)39-38-25-8-10-26(11-9-25)40(15-18-43)16-19-44/h1-3,6-13,42-44H,4-5,14-19H2/b13-12+,39-38?. The molecule has 3 aromatic rings. The van der Waals surface area contributed by atoms with E-state index in [0.717, 1.165) is 11.3 Å². The summed E-state index contributed by atoms with van der Waals surface area (Å²) in [4.78, 5) is 21.9. The number of rotatable bonds is 14. The van der Waals surface area contributed by atoms with Crippen LogP contribution in [0.3, 0.4) is 0 Å². The van der Waals surface area contributed by atoms with E-state index < -0.39 is 5.91 Å². The molecule has 0 spiro atoms. The van der Waals surface area contributed by atoms with Crippen molar-refractivity contribution in [2.24, 2.45) is 10.2 Å². The summed E-state index contributed by atoms with van der Waals surface area (Å²) >= 11 is 1.23. The smallest absolute Gasteiger partial charge is 0.259 e. The molecule has 13 heteroatoms. The molecule has 1 amide bonds. The number of carbonyl (C=O) groups is 1. The Kier molecular flexibility index (Phi) is 12.0. The van der Waals surface area contributed by atoms with E-state index in [9.17, 15) is 35.9 Å². The summed E-state index contributed by atoms with van der Waals surface area (Å²) < 4.78 is 0. The van der Waals surface area contributed by atoms with Gasteiger partial charge in [-0.25, -0.2) is 4.98 Å². The lowest BCUT2D eigenvalue weighted by atomic mass is 10.1. The van der Waals surface area contributed by atoms with Gasteiger partial charge in [-0.15, -0.1) is 10.2 Å². The summed E-state index contributed by atoms with van der Waals surface area (Å²) in [5.74, 6) is -0.519. The molecule has 2 heterocycles. The van der Waals surface area contributed by atoms with E-state index in [1.165, 1.54) is 22.3 Å². The summed E-state index contributed by atoms with van der Waals surface area (Å²) in [6, 6.07) is 22.1. The summed E-state index contributed by atoms with van der Waals surface area (Å²) in [6.07, 6.45) is 3.97. The van der Waals surface area contributed by atoms with Crippen LogP contribution in [0.1, 0.15) is 17.7 Å². The largest absolute Gasteiger partial charge is 0.396 e. The van der Waals surface area contributed by atoms with E-state index in [1.54, 1.807) is 30.3 Å². The molecule has 0 bridgehead atoms. The number of aliphatic hydroxyl groups is 3. The molecule has 0 unspecified atom stereocenters. The number of azo groups is 1. The summed E-state index contributed by atoms with van der Waals surface area (Å²) in [7, 11) is 0. The number of carbonyl (C=O) groups excluding carboxylic acids is 1. The maximum atomic E-state index is 13.5. The normalized spacial score (nSPS) is 13.0. The fourth-order valence-corrected chi connectivity index (χ4v) is 5.56. The summed E-state index contributed by atoms with van der Waals surface area (Å²) in [5, 5.41) is 65.9. The van der Waals surface area contributed by atoms with Crippen LogP contribution in [0.15, 0.2) is 93.3 Å². The third-order valence-electron chi connectivity index (χ3n) is 6.91. The van der Waals surface area contributed by atoms with E-state index in [1.807, 2.05) is 53.4 Å². The highest BCUT2D eigenvalue weighted by atomic mass is 32.1. The number of nitriles is 3. The molecule has 0 fully saturated rings. The number of aromatic nitrogens is 1. The molecule has 46 heavy (non-hydrogen) atoms. The van der Waals surface area contributed by atoms with Gasteiger partial charge in [0.15, 0.2) is 5.57 Å². The fourth-order valence-electron chi connectivity index (χ4n) is 4.75. The number of thiazole rings is 1. The van der Waals surface area contributed by atoms with Crippen LogP contribution < -0.4 is 4.90 Å². The molecule has 232 valence electrons. The van der Waals surface area contributed by atoms with Crippen molar-refractivity contribution in [2.45, 2.75) is 12.8 Å². The van der Waals surface area contributed by atoms with Crippen LogP contribution >= 0.6 is 11.3 Å². The van der Waals surface area contributed by atoms with Gasteiger partial charge in [0, 0.05) is 37.5 Å². The zero-order chi connectivity index (χ0) is 32.9. The molecular weight excluding hydrogens is 604 g/mol. The number of anilines is 1. The van der Waals surface area contributed by atoms with E-state index in [0.29, 0.717) is 47.3 Å². The molecule has 0 aliphatic carbocycles. The first-order chi connectivity index (χ1) is 22.5. The van der Waals surface area contributed by atoms with Crippen molar-refractivity contribution in [3.63, 3.8) is 0 Å². The van der Waals surface area contributed by atoms with Crippen LogP contribution in [-0.2, 0) is 4.79 Å². The number of allylic oxidation sites excluding steroid dienone is 2. The van der Waals surface area contributed by atoms with Gasteiger partial charge in [0.2, 0.25) is 5.13 Å². The highest BCUT2D eigenvalue weighted by molar-refractivity contribution is 7.16. The zero-order valence-corrected chi connectivity index (χ0v) is 25.6. The lowest BCUT2D eigenvalue weighted by Crippen LogP contribution is -2.29. The van der Waals surface area contributed by atoms with Crippen LogP contribution in [0.2, 0.25) is 0 Å². The molecule has 1 aliphatic heterocycles. The van der Waals surface area contributed by atoms with Crippen LogP contribution in [-0.4, -0.2) is 70.6 Å². The molecule has 3 N–H and O–H groups in total. The lowest BCUT2D eigenvalue weighted by Gasteiger charge is -2.22. The third-order valence-corrected chi connectivity index (χ3v) is 7.81. The number of hydrogen-bond acceptors (Lipinski definition) is 12. The number of nitrogens with zero attached hydrogens (tertiary/aromatic N) is 8. The predicted octanol–water partition coefficient (Wildman–Crippen LogP) is 4.77. The molecule has 1 aliphatic rings. The first kappa shape index (κ1) is 33.4. The quantitative estimate of drug-likeness (QED) is 0.127. The average molecular weight is 635 g/mol. The predicted molar refractivity (Wildman–Crippen MR) is 173 cm³/mol.